The van der Waals surface area contributed by atoms with Crippen LogP contribution in [0.15, 0.2) is 11.7 Å². The molecule has 0 saturated heterocycles. The highest BCUT2D eigenvalue weighted by Gasteiger charge is 2.54. The second-order valence-corrected chi connectivity index (χ2v) is 2.04. The van der Waals surface area contributed by atoms with Gasteiger partial charge in [0.05, 0.1) is 0 Å². The highest BCUT2D eigenvalue weighted by molar-refractivity contribution is 5.15. The summed E-state index contributed by atoms with van der Waals surface area (Å²) in [4.78, 5) is 0. The first kappa shape index (κ1) is 16.6. The Morgan fingerprint density at radius 2 is 1.00 bits per heavy atom. The van der Waals surface area contributed by atoms with E-state index in [2.05, 4.69) is 4.74 Å². The molecule has 0 aromatic rings. The summed E-state index contributed by atoms with van der Waals surface area (Å²) in [6.07, 6.45) is -15.9. The molecule has 0 rings (SSSR count). The van der Waals surface area contributed by atoms with E-state index in [4.69, 9.17) is 0 Å². The van der Waals surface area contributed by atoms with Crippen molar-refractivity contribution >= 4 is 0 Å². The molecule has 1 nitrogen and oxygen atoms in total. The summed E-state index contributed by atoms with van der Waals surface area (Å²) in [6, 6.07) is 0. The van der Waals surface area contributed by atoms with Crippen LogP contribution in [0.1, 0.15) is 0 Å². The molecule has 0 heterocycles. The van der Waals surface area contributed by atoms with E-state index >= 15 is 0 Å². The molecule has 0 aromatic carbocycles. The van der Waals surface area contributed by atoms with Crippen molar-refractivity contribution in [2.45, 2.75) is 12.4 Å². The zero-order valence-electron chi connectivity index (χ0n) is 7.43. The van der Waals surface area contributed by atoms with Gasteiger partial charge in [-0.25, -0.2) is 0 Å². The lowest BCUT2D eigenvalue weighted by atomic mass is 10.3. The smallest absolute Gasteiger partial charge is 0.388 e. The number of ether oxygens (including phenoxy) is 1. The zero-order chi connectivity index (χ0) is 12.9. The molecule has 0 aromatic heterocycles. The third kappa shape index (κ3) is 7.11. The van der Waals surface area contributed by atoms with Gasteiger partial charge in [-0.15, -0.1) is 0 Å². The van der Waals surface area contributed by atoms with Crippen molar-refractivity contribution in [3.05, 3.63) is 11.7 Å². The molecule has 0 aliphatic rings. The van der Waals surface area contributed by atoms with Crippen LogP contribution in [-0.4, -0.2) is 26.6 Å². The predicted molar refractivity (Wildman–Crippen MR) is 34.3 cm³/mol. The van der Waals surface area contributed by atoms with Gasteiger partial charge in [0, 0.05) is 14.2 Å². The minimum Gasteiger partial charge on any atom is -0.388 e. The molecular formula is C6H6F8O. The lowest BCUT2D eigenvalue weighted by Gasteiger charge is -2.12. The third-order valence-corrected chi connectivity index (χ3v) is 0.756. The molecule has 0 N–H and O–H groups in total. The Labute approximate surface area is 79.3 Å². The Kier molecular flexibility index (Phi) is 6.50. The minimum absolute atomic E-state index is 1.62. The summed E-state index contributed by atoms with van der Waals surface area (Å²) in [5.41, 5.74) is -3.75. The molecule has 0 saturated carbocycles. The lowest BCUT2D eigenvalue weighted by molar-refractivity contribution is -0.176. The SMILES string of the molecule is COC.FC(F)=C(C(F)(F)F)C(F)(F)F. The van der Waals surface area contributed by atoms with Crippen molar-refractivity contribution in [3.8, 4) is 0 Å². The summed E-state index contributed by atoms with van der Waals surface area (Å²) in [7, 11) is 3.25. The molecule has 0 radical (unpaired) electrons. The average molecular weight is 246 g/mol. The Balaban J connectivity index is 0. The van der Waals surface area contributed by atoms with Crippen molar-refractivity contribution < 1.29 is 39.9 Å². The van der Waals surface area contributed by atoms with E-state index in [1.165, 1.54) is 0 Å². The number of rotatable bonds is 0. The van der Waals surface area contributed by atoms with Crippen LogP contribution in [0.4, 0.5) is 35.1 Å². The monoisotopic (exact) mass is 246 g/mol. The summed E-state index contributed by atoms with van der Waals surface area (Å²) >= 11 is 0. The van der Waals surface area contributed by atoms with Crippen molar-refractivity contribution in [3.63, 3.8) is 0 Å². The van der Waals surface area contributed by atoms with Crippen LogP contribution >= 0.6 is 0 Å². The normalized spacial score (nSPS) is 11.6. The summed E-state index contributed by atoms with van der Waals surface area (Å²) in [5, 5.41) is 0. The van der Waals surface area contributed by atoms with Crippen molar-refractivity contribution in [2.75, 3.05) is 14.2 Å². The van der Waals surface area contributed by atoms with Gasteiger partial charge in [0.2, 0.25) is 5.57 Å². The second kappa shape index (κ2) is 5.89. The van der Waals surface area contributed by atoms with Crippen LogP contribution < -0.4 is 0 Å². The quantitative estimate of drug-likeness (QED) is 0.594. The van der Waals surface area contributed by atoms with Crippen LogP contribution in [0.5, 0.6) is 0 Å². The van der Waals surface area contributed by atoms with Crippen molar-refractivity contribution in [2.24, 2.45) is 0 Å². The fraction of sp³-hybridized carbons (Fsp3) is 0.667. The highest BCUT2D eigenvalue weighted by Crippen LogP contribution is 2.41. The van der Waals surface area contributed by atoms with Gasteiger partial charge in [-0.1, -0.05) is 0 Å². The molecule has 15 heavy (non-hydrogen) atoms. The Bertz CT molecular complexity index is 192. The number of allylic oxidation sites excluding steroid dienone is 1. The Morgan fingerprint density at radius 1 is 0.800 bits per heavy atom. The number of hydrogen-bond acceptors (Lipinski definition) is 1. The van der Waals surface area contributed by atoms with Crippen LogP contribution in [0.25, 0.3) is 0 Å². The van der Waals surface area contributed by atoms with E-state index in [0.29, 0.717) is 0 Å². The van der Waals surface area contributed by atoms with Gasteiger partial charge in [-0.3, -0.25) is 0 Å². The number of methoxy groups -OCH3 is 1. The van der Waals surface area contributed by atoms with Gasteiger partial charge < -0.3 is 4.74 Å². The van der Waals surface area contributed by atoms with Gasteiger partial charge in [0.1, 0.15) is 0 Å². The standard InChI is InChI=1S/C4F8.C2H6O/c5-2(6)1(3(7,8)9)4(10,11)12;1-3-2/h;1-2H3. The van der Waals surface area contributed by atoms with E-state index in [-0.39, 0.29) is 0 Å². The fourth-order valence-corrected chi connectivity index (χ4v) is 0.375. The van der Waals surface area contributed by atoms with Crippen molar-refractivity contribution in [1.29, 1.82) is 0 Å². The van der Waals surface area contributed by atoms with E-state index in [9.17, 15) is 35.1 Å². The molecule has 0 atom stereocenters. The topological polar surface area (TPSA) is 9.23 Å². The molecule has 0 aliphatic heterocycles. The largest absolute Gasteiger partial charge is 0.426 e. The molecule has 0 unspecified atom stereocenters. The molecule has 0 spiro atoms. The molecule has 92 valence electrons. The van der Waals surface area contributed by atoms with Crippen molar-refractivity contribution in [1.82, 2.24) is 0 Å². The maximum atomic E-state index is 11.2. The third-order valence-electron chi connectivity index (χ3n) is 0.756. The molecule has 0 fully saturated rings. The van der Waals surface area contributed by atoms with Gasteiger partial charge in [-0.2, -0.15) is 35.1 Å². The number of alkyl halides is 6. The van der Waals surface area contributed by atoms with Crippen LogP contribution in [-0.2, 0) is 4.74 Å². The highest BCUT2D eigenvalue weighted by atomic mass is 19.4. The molecule has 0 bridgehead atoms. The predicted octanol–water partition coefficient (Wildman–Crippen LogP) is 3.52. The van der Waals surface area contributed by atoms with Gasteiger partial charge >= 0.3 is 12.4 Å². The average Bonchev–Trinajstić information content (AvgIpc) is 1.77. The first-order valence-corrected chi connectivity index (χ1v) is 3.08. The number of hydrogen-bond donors (Lipinski definition) is 0. The van der Waals surface area contributed by atoms with Crippen LogP contribution in [0.3, 0.4) is 0 Å². The van der Waals surface area contributed by atoms with Gasteiger partial charge in [-0.05, 0) is 0 Å². The molecule has 0 amide bonds. The molecular weight excluding hydrogens is 240 g/mol. The minimum atomic E-state index is -6.07. The maximum Gasteiger partial charge on any atom is 0.426 e. The van der Waals surface area contributed by atoms with E-state index in [0.717, 1.165) is 0 Å². The number of halogens is 8. The molecule has 0 aliphatic carbocycles. The fourth-order valence-electron chi connectivity index (χ4n) is 0.375. The van der Waals surface area contributed by atoms with E-state index in [1.54, 1.807) is 14.2 Å². The Hall–Kier alpha value is -0.860. The maximum absolute atomic E-state index is 11.2. The van der Waals surface area contributed by atoms with Crippen LogP contribution in [0, 0.1) is 0 Å². The summed E-state index contributed by atoms with van der Waals surface area (Å²) in [5.74, 6) is 0. The Morgan fingerprint density at radius 3 is 1.00 bits per heavy atom. The van der Waals surface area contributed by atoms with Gasteiger partial charge in [0.25, 0.3) is 6.08 Å². The lowest BCUT2D eigenvalue weighted by Crippen LogP contribution is -2.26. The summed E-state index contributed by atoms with van der Waals surface area (Å²) < 4.78 is 93.8. The van der Waals surface area contributed by atoms with E-state index in [1.807, 2.05) is 0 Å². The zero-order valence-corrected chi connectivity index (χ0v) is 7.43. The van der Waals surface area contributed by atoms with Crippen LogP contribution in [0.2, 0.25) is 0 Å². The summed E-state index contributed by atoms with van der Waals surface area (Å²) in [6.45, 7) is 0. The second-order valence-electron chi connectivity index (χ2n) is 2.04. The van der Waals surface area contributed by atoms with E-state index < -0.39 is 24.0 Å². The first-order valence-electron chi connectivity index (χ1n) is 3.08. The molecule has 9 heteroatoms. The van der Waals surface area contributed by atoms with Gasteiger partial charge in [0.15, 0.2) is 0 Å². The first-order chi connectivity index (χ1) is 6.48.